The Hall–Kier alpha value is -1.26. The molecule has 1 aliphatic rings. The number of nitrogens with zero attached hydrogens (tertiary/aromatic N) is 1. The summed E-state index contributed by atoms with van der Waals surface area (Å²) in [4.78, 5) is 14.2. The second-order valence-corrected chi connectivity index (χ2v) is 4.81. The molecule has 2 rings (SSSR count). The van der Waals surface area contributed by atoms with Gasteiger partial charge in [0.25, 0.3) is 5.91 Å². The van der Waals surface area contributed by atoms with E-state index in [9.17, 15) is 9.90 Å². The minimum Gasteiger partial charge on any atom is -0.507 e. The van der Waals surface area contributed by atoms with Crippen molar-refractivity contribution in [1.29, 1.82) is 0 Å². The van der Waals surface area contributed by atoms with Crippen LogP contribution in [0.1, 0.15) is 29.8 Å². The molecular formula is C14H21ClN2O2. The molecule has 19 heavy (non-hydrogen) atoms. The third kappa shape index (κ3) is 3.61. The minimum absolute atomic E-state index is 0. The average Bonchev–Trinajstić information content (AvgIpc) is 2.38. The van der Waals surface area contributed by atoms with Crippen LogP contribution in [0.25, 0.3) is 0 Å². The number of aromatic hydroxyl groups is 1. The van der Waals surface area contributed by atoms with Crippen molar-refractivity contribution in [2.45, 2.75) is 26.3 Å². The maximum Gasteiger partial charge on any atom is 0.257 e. The zero-order valence-corrected chi connectivity index (χ0v) is 12.2. The van der Waals surface area contributed by atoms with Gasteiger partial charge in [0.2, 0.25) is 0 Å². The van der Waals surface area contributed by atoms with E-state index in [-0.39, 0.29) is 24.1 Å². The van der Waals surface area contributed by atoms with E-state index >= 15 is 0 Å². The zero-order chi connectivity index (χ0) is 13.1. The summed E-state index contributed by atoms with van der Waals surface area (Å²) in [6.45, 7) is 6.28. The fourth-order valence-corrected chi connectivity index (χ4v) is 2.26. The van der Waals surface area contributed by atoms with Gasteiger partial charge in [0.1, 0.15) is 5.75 Å². The van der Waals surface area contributed by atoms with Gasteiger partial charge in [0.05, 0.1) is 5.56 Å². The molecule has 2 N–H and O–H groups in total. The Morgan fingerprint density at radius 1 is 1.53 bits per heavy atom. The van der Waals surface area contributed by atoms with Gasteiger partial charge < -0.3 is 15.3 Å². The lowest BCUT2D eigenvalue weighted by Gasteiger charge is -2.32. The van der Waals surface area contributed by atoms with E-state index in [0.29, 0.717) is 24.7 Å². The number of hydrogen-bond donors (Lipinski definition) is 2. The number of halogens is 1. The van der Waals surface area contributed by atoms with E-state index in [1.165, 1.54) is 0 Å². The number of benzene rings is 1. The molecule has 1 fully saturated rings. The lowest BCUT2D eigenvalue weighted by molar-refractivity contribution is 0.0706. The molecule has 4 nitrogen and oxygen atoms in total. The number of amides is 1. The molecule has 1 amide bonds. The van der Waals surface area contributed by atoms with E-state index in [1.807, 2.05) is 13.0 Å². The third-order valence-corrected chi connectivity index (χ3v) is 3.36. The van der Waals surface area contributed by atoms with Crippen LogP contribution in [-0.4, -0.2) is 41.6 Å². The predicted octanol–water partition coefficient (Wildman–Crippen LogP) is 1.81. The summed E-state index contributed by atoms with van der Waals surface area (Å²) in [5, 5.41) is 13.1. The van der Waals surface area contributed by atoms with Crippen molar-refractivity contribution < 1.29 is 9.90 Å². The second kappa shape index (κ2) is 6.78. The highest BCUT2D eigenvalue weighted by Gasteiger charge is 2.23. The van der Waals surface area contributed by atoms with Crippen LogP contribution in [0.15, 0.2) is 18.2 Å². The topological polar surface area (TPSA) is 52.6 Å². The van der Waals surface area contributed by atoms with Crippen LogP contribution in [0, 0.1) is 0 Å². The Balaban J connectivity index is 0.00000180. The van der Waals surface area contributed by atoms with Crippen molar-refractivity contribution in [3.8, 4) is 5.75 Å². The van der Waals surface area contributed by atoms with Crippen molar-refractivity contribution in [2.24, 2.45) is 0 Å². The lowest BCUT2D eigenvalue weighted by Crippen LogP contribution is -2.51. The van der Waals surface area contributed by atoms with Gasteiger partial charge in [0, 0.05) is 25.7 Å². The molecule has 1 aliphatic heterocycles. The second-order valence-electron chi connectivity index (χ2n) is 4.81. The Labute approximate surface area is 120 Å². The quantitative estimate of drug-likeness (QED) is 0.871. The predicted molar refractivity (Wildman–Crippen MR) is 78.1 cm³/mol. The van der Waals surface area contributed by atoms with Gasteiger partial charge in [-0.1, -0.05) is 13.0 Å². The number of hydrogen-bond acceptors (Lipinski definition) is 3. The number of phenolic OH excluding ortho intramolecular Hbond substituents is 1. The zero-order valence-electron chi connectivity index (χ0n) is 11.3. The van der Waals surface area contributed by atoms with Gasteiger partial charge in [-0.05, 0) is 31.0 Å². The fourth-order valence-electron chi connectivity index (χ4n) is 2.26. The van der Waals surface area contributed by atoms with Gasteiger partial charge in [-0.3, -0.25) is 4.79 Å². The molecule has 0 spiro atoms. The molecular weight excluding hydrogens is 264 g/mol. The highest BCUT2D eigenvalue weighted by atomic mass is 35.5. The summed E-state index contributed by atoms with van der Waals surface area (Å²) >= 11 is 0. The van der Waals surface area contributed by atoms with Crippen molar-refractivity contribution in [3.05, 3.63) is 29.3 Å². The molecule has 1 aromatic carbocycles. The largest absolute Gasteiger partial charge is 0.507 e. The lowest BCUT2D eigenvalue weighted by atomic mass is 10.1. The van der Waals surface area contributed by atoms with Crippen molar-refractivity contribution in [2.75, 3.05) is 19.6 Å². The first-order valence-electron chi connectivity index (χ1n) is 6.46. The fraction of sp³-hybridized carbons (Fsp3) is 0.500. The molecule has 0 bridgehead atoms. The van der Waals surface area contributed by atoms with E-state index < -0.39 is 0 Å². The smallest absolute Gasteiger partial charge is 0.257 e. The molecule has 0 unspecified atom stereocenters. The molecule has 5 heteroatoms. The molecule has 1 heterocycles. The highest BCUT2D eigenvalue weighted by Crippen LogP contribution is 2.21. The summed E-state index contributed by atoms with van der Waals surface area (Å²) < 4.78 is 0. The van der Waals surface area contributed by atoms with Gasteiger partial charge >= 0.3 is 0 Å². The third-order valence-electron chi connectivity index (χ3n) is 3.36. The molecule has 0 aromatic heterocycles. The van der Waals surface area contributed by atoms with E-state index in [1.54, 1.807) is 17.0 Å². The Morgan fingerprint density at radius 2 is 2.26 bits per heavy atom. The first kappa shape index (κ1) is 15.8. The number of phenols is 1. The van der Waals surface area contributed by atoms with E-state index in [4.69, 9.17) is 0 Å². The van der Waals surface area contributed by atoms with Crippen LogP contribution >= 0.6 is 12.4 Å². The maximum absolute atomic E-state index is 12.4. The van der Waals surface area contributed by atoms with Crippen molar-refractivity contribution >= 4 is 18.3 Å². The summed E-state index contributed by atoms with van der Waals surface area (Å²) in [5.74, 6) is -0.000430. The van der Waals surface area contributed by atoms with Crippen LogP contribution in [0.2, 0.25) is 0 Å². The monoisotopic (exact) mass is 284 g/mol. The Bertz CT molecular complexity index is 451. The van der Waals surface area contributed by atoms with E-state index in [2.05, 4.69) is 12.2 Å². The normalized spacial score (nSPS) is 18.8. The minimum atomic E-state index is -0.0730. The summed E-state index contributed by atoms with van der Waals surface area (Å²) in [6.07, 6.45) is 0.860. The molecule has 0 saturated carbocycles. The highest BCUT2D eigenvalue weighted by molar-refractivity contribution is 5.97. The summed E-state index contributed by atoms with van der Waals surface area (Å²) in [6, 6.07) is 5.56. The van der Waals surface area contributed by atoms with E-state index in [0.717, 1.165) is 18.5 Å². The molecule has 0 aliphatic carbocycles. The number of aryl methyl sites for hydroxylation is 1. The van der Waals surface area contributed by atoms with Crippen LogP contribution in [0.3, 0.4) is 0 Å². The average molecular weight is 285 g/mol. The number of nitrogens with one attached hydrogen (secondary N) is 1. The summed E-state index contributed by atoms with van der Waals surface area (Å²) in [5.41, 5.74) is 1.49. The van der Waals surface area contributed by atoms with Crippen LogP contribution in [-0.2, 0) is 6.42 Å². The Morgan fingerprint density at radius 3 is 2.89 bits per heavy atom. The van der Waals surface area contributed by atoms with Gasteiger partial charge in [0.15, 0.2) is 0 Å². The van der Waals surface area contributed by atoms with Gasteiger partial charge in [-0.2, -0.15) is 0 Å². The molecule has 1 atom stereocenters. The number of carbonyl (C=O) groups excluding carboxylic acids is 1. The van der Waals surface area contributed by atoms with Gasteiger partial charge in [-0.25, -0.2) is 0 Å². The van der Waals surface area contributed by atoms with Crippen LogP contribution in [0.5, 0.6) is 5.75 Å². The van der Waals surface area contributed by atoms with Gasteiger partial charge in [-0.15, -0.1) is 12.4 Å². The van der Waals surface area contributed by atoms with Crippen LogP contribution < -0.4 is 5.32 Å². The number of carbonyl (C=O) groups is 1. The molecule has 106 valence electrons. The maximum atomic E-state index is 12.4. The van der Waals surface area contributed by atoms with Crippen LogP contribution in [0.4, 0.5) is 0 Å². The molecule has 1 saturated heterocycles. The molecule has 1 aromatic rings. The molecule has 0 radical (unpaired) electrons. The first-order chi connectivity index (χ1) is 8.61. The Kier molecular flexibility index (Phi) is 5.63. The number of piperazine rings is 1. The number of rotatable bonds is 2. The SMILES string of the molecule is CCc1ccc(O)c(C(=O)N2CCN[C@H](C)C2)c1.Cl. The van der Waals surface area contributed by atoms with Crippen molar-refractivity contribution in [1.82, 2.24) is 10.2 Å². The standard InChI is InChI=1S/C14H20N2O2.ClH/c1-3-11-4-5-13(17)12(8-11)14(18)16-7-6-15-10(2)9-16;/h4-5,8,10,15,17H,3,6-7,9H2,1-2H3;1H/t10-;/m1./s1. The first-order valence-corrected chi connectivity index (χ1v) is 6.46. The van der Waals surface area contributed by atoms with Crippen molar-refractivity contribution in [3.63, 3.8) is 0 Å². The summed E-state index contributed by atoms with van der Waals surface area (Å²) in [7, 11) is 0.